The van der Waals surface area contributed by atoms with Crippen LogP contribution in [0.4, 0.5) is 5.69 Å². The molecule has 1 aromatic rings. The molecular weight excluding hydrogens is 679 g/mol. The number of hydrogen-bond acceptors (Lipinski definition) is 11. The first-order chi connectivity index (χ1) is 17.0. The van der Waals surface area contributed by atoms with Gasteiger partial charge in [-0.3, -0.25) is 0 Å². The quantitative estimate of drug-likeness (QED) is 0.191. The van der Waals surface area contributed by atoms with E-state index in [1.54, 1.807) is 8.24 Å². The molecular formula is C24H33HgNO9S. The number of hydrogen-bond donors (Lipinski definition) is 0. The molecule has 10 nitrogen and oxygen atoms in total. The van der Waals surface area contributed by atoms with Crippen LogP contribution in [-0.4, -0.2) is 73.4 Å². The fourth-order valence-corrected chi connectivity index (χ4v) is 15.5. The summed E-state index contributed by atoms with van der Waals surface area (Å²) in [4.78, 5) is 49.4. The minimum atomic E-state index is -1.88. The van der Waals surface area contributed by atoms with Gasteiger partial charge in [-0.1, -0.05) is 0 Å². The van der Waals surface area contributed by atoms with Crippen molar-refractivity contribution in [2.45, 2.75) is 71.4 Å². The average Bonchev–Trinajstić information content (AvgIpc) is 2.80. The number of benzene rings is 1. The zero-order chi connectivity index (χ0) is 26.8. The summed E-state index contributed by atoms with van der Waals surface area (Å²) in [7, 11) is 1.55. The summed E-state index contributed by atoms with van der Waals surface area (Å²) in [6, 6.07) is 8.40. The molecule has 0 unspecified atom stereocenters. The van der Waals surface area contributed by atoms with Crippen LogP contribution in [0.5, 0.6) is 0 Å². The van der Waals surface area contributed by atoms with E-state index < -0.39 is 76.8 Å². The second-order valence-electron chi connectivity index (χ2n) is 8.22. The van der Waals surface area contributed by atoms with E-state index in [1.165, 1.54) is 30.8 Å². The zero-order valence-corrected chi connectivity index (χ0v) is 27.9. The molecule has 0 saturated carbocycles. The van der Waals surface area contributed by atoms with E-state index in [9.17, 15) is 19.2 Å². The van der Waals surface area contributed by atoms with Crippen LogP contribution in [0.25, 0.3) is 0 Å². The Balaban J connectivity index is 2.31. The fraction of sp³-hybridized carbons (Fsp3) is 0.583. The first kappa shape index (κ1) is 30.4. The van der Waals surface area contributed by atoms with Crippen molar-refractivity contribution < 1.29 is 65.9 Å². The molecule has 1 aliphatic rings. The van der Waals surface area contributed by atoms with Crippen LogP contribution in [-0.2, 0) is 65.9 Å². The third-order valence-corrected chi connectivity index (χ3v) is 18.1. The first-order valence-electron chi connectivity index (χ1n) is 11.8. The molecule has 0 radical (unpaired) electrons. The average molecular weight is 712 g/mol. The van der Waals surface area contributed by atoms with Gasteiger partial charge in [-0.05, 0) is 0 Å². The number of ether oxygens (including phenoxy) is 5. The van der Waals surface area contributed by atoms with Crippen LogP contribution in [0.3, 0.4) is 0 Å². The van der Waals surface area contributed by atoms with Gasteiger partial charge in [0.15, 0.2) is 0 Å². The van der Waals surface area contributed by atoms with Crippen molar-refractivity contribution in [1.29, 1.82) is 0 Å². The number of carbonyl (C=O) groups excluding carboxylic acids is 4. The van der Waals surface area contributed by atoms with Crippen LogP contribution in [0.1, 0.15) is 41.5 Å². The molecule has 0 aromatic heterocycles. The number of rotatable bonds is 11. The topological polar surface area (TPSA) is 118 Å². The maximum atomic E-state index is 12.0. The van der Waals surface area contributed by atoms with Crippen molar-refractivity contribution in [3.05, 3.63) is 24.3 Å². The molecule has 36 heavy (non-hydrogen) atoms. The van der Waals surface area contributed by atoms with E-state index in [4.69, 9.17) is 23.7 Å². The predicted molar refractivity (Wildman–Crippen MR) is 129 cm³/mol. The van der Waals surface area contributed by atoms with Crippen molar-refractivity contribution in [2.24, 2.45) is 0 Å². The predicted octanol–water partition coefficient (Wildman–Crippen LogP) is 1.97. The monoisotopic (exact) mass is 713 g/mol. The van der Waals surface area contributed by atoms with Crippen molar-refractivity contribution in [2.75, 3.05) is 24.6 Å². The maximum absolute atomic E-state index is 12.0. The van der Waals surface area contributed by atoms with Gasteiger partial charge in [0.1, 0.15) is 0 Å². The molecule has 5 atom stereocenters. The summed E-state index contributed by atoms with van der Waals surface area (Å²) >= 11 is -1.88. The Morgan fingerprint density at radius 3 is 1.86 bits per heavy atom. The molecule has 2 rings (SSSR count). The van der Waals surface area contributed by atoms with Gasteiger partial charge in [-0.2, -0.15) is 0 Å². The van der Waals surface area contributed by atoms with E-state index in [0.717, 1.165) is 18.8 Å². The Labute approximate surface area is 226 Å². The van der Waals surface area contributed by atoms with E-state index in [-0.39, 0.29) is 6.61 Å². The van der Waals surface area contributed by atoms with Gasteiger partial charge in [0.05, 0.1) is 0 Å². The van der Waals surface area contributed by atoms with Crippen molar-refractivity contribution in [3.8, 4) is 0 Å². The molecule has 0 aliphatic carbocycles. The van der Waals surface area contributed by atoms with Gasteiger partial charge in [-0.15, -0.1) is 0 Å². The first-order valence-corrected chi connectivity index (χ1v) is 22.3. The molecule has 0 bridgehead atoms. The molecule has 1 heterocycles. The van der Waals surface area contributed by atoms with E-state index in [2.05, 4.69) is 43.0 Å². The van der Waals surface area contributed by atoms with Crippen LogP contribution in [0.15, 0.2) is 24.3 Å². The van der Waals surface area contributed by atoms with Gasteiger partial charge < -0.3 is 0 Å². The Morgan fingerprint density at radius 2 is 1.36 bits per heavy atom. The number of anilines is 1. The normalized spacial score (nSPS) is 23.1. The van der Waals surface area contributed by atoms with Gasteiger partial charge in [0.25, 0.3) is 0 Å². The molecule has 1 aromatic carbocycles. The molecule has 1 aliphatic heterocycles. The summed E-state index contributed by atoms with van der Waals surface area (Å²) in [6.07, 6.45) is -4.17. The second-order valence-corrected chi connectivity index (χ2v) is 19.7. The van der Waals surface area contributed by atoms with Crippen LogP contribution < -0.4 is 7.97 Å². The summed E-state index contributed by atoms with van der Waals surface area (Å²) in [5, 5.41) is 0. The van der Waals surface area contributed by atoms with E-state index in [1.807, 2.05) is 0 Å². The Bertz CT molecular complexity index is 909. The fourth-order valence-electron chi connectivity index (χ4n) is 3.89. The van der Waals surface area contributed by atoms with Crippen molar-refractivity contribution in [3.63, 3.8) is 0 Å². The number of esters is 4. The zero-order valence-electron chi connectivity index (χ0n) is 21.6. The molecule has 196 valence electrons. The Hall–Kier alpha value is -1.85. The summed E-state index contributed by atoms with van der Waals surface area (Å²) in [5.74, 6) is -2.41. The van der Waals surface area contributed by atoms with Gasteiger partial charge in [-0.25, -0.2) is 0 Å². The van der Waals surface area contributed by atoms with Crippen molar-refractivity contribution >= 4 is 40.9 Å². The third kappa shape index (κ3) is 9.22. The van der Waals surface area contributed by atoms with Crippen molar-refractivity contribution in [1.82, 2.24) is 0 Å². The molecule has 1 saturated heterocycles. The van der Waals surface area contributed by atoms with Crippen LogP contribution >= 0.6 is 8.24 Å². The second kappa shape index (κ2) is 14.8. The number of nitrogens with zero attached hydrogens (tertiary/aromatic N) is 1. The number of carbonyl (C=O) groups is 4. The molecule has 0 N–H and O–H groups in total. The van der Waals surface area contributed by atoms with Crippen LogP contribution in [0.2, 0.25) is 0 Å². The van der Waals surface area contributed by atoms with Gasteiger partial charge >= 0.3 is 227 Å². The molecule has 12 heteroatoms. The summed E-state index contributed by atoms with van der Waals surface area (Å²) < 4.78 is 29.0. The Kier molecular flexibility index (Phi) is 12.5. The summed E-state index contributed by atoms with van der Waals surface area (Å²) in [6.45, 7) is 10.7. The Morgan fingerprint density at radius 1 is 0.833 bits per heavy atom. The molecule has 0 spiro atoms. The third-order valence-electron chi connectivity index (χ3n) is 5.43. The van der Waals surface area contributed by atoms with Gasteiger partial charge in [0.2, 0.25) is 0 Å². The molecule has 0 amide bonds. The molecule has 1 fully saturated rings. The standard InChI is InChI=1S/C14H20O9S.C10H14N.Hg/c1-6(15)19-5-10-11(20-7(2)16)12(21-8(3)17)13(14(24)23-10)22-9(4)18;1-3-11(4-2)10-8-6-5-7-9-10;/h10-14,24H,5H2,1-4H3;6-9H,3-4H2,1-2H3;/q;;+1/p-1/t10-,11-,12+,13-,14+;;/m1../s1. The van der Waals surface area contributed by atoms with Gasteiger partial charge in [0, 0.05) is 0 Å². The summed E-state index contributed by atoms with van der Waals surface area (Å²) in [5.41, 5.74) is 0.448. The SMILES string of the molecule is CCN(CC)c1cc[c]([Hg][S][C@@H]2O[C@H](COC(C)=O)[C@@H](OC(C)=O)[C@H](OC(C)=O)[C@H]2OC(C)=O)cc1. The minimum absolute atomic E-state index is 0.218. The van der Waals surface area contributed by atoms with E-state index >= 15 is 0 Å². The van der Waals surface area contributed by atoms with Crippen LogP contribution in [0, 0.1) is 0 Å². The van der Waals surface area contributed by atoms with E-state index in [0.29, 0.717) is 0 Å².